The van der Waals surface area contributed by atoms with Crippen LogP contribution in [0.4, 0.5) is 0 Å². The largest absolute Gasteiger partial charge is 0.358 e. The number of hydrogen-bond donors (Lipinski definition) is 2. The van der Waals surface area contributed by atoms with Crippen molar-refractivity contribution in [3.05, 3.63) is 0 Å². The Balaban J connectivity index is 3.59. The Morgan fingerprint density at radius 3 is 2.67 bits per heavy atom. The number of amides is 1. The first-order chi connectivity index (χ1) is 5.74. The molecule has 0 radical (unpaired) electrons. The van der Waals surface area contributed by atoms with Crippen LogP contribution in [0.15, 0.2) is 0 Å². The van der Waals surface area contributed by atoms with Crippen LogP contribution in [0.3, 0.4) is 0 Å². The molecule has 4 nitrogen and oxygen atoms in total. The molecule has 1 amide bonds. The predicted octanol–water partition coefficient (Wildman–Crippen LogP) is -0.597. The first-order valence-corrected chi connectivity index (χ1v) is 4.37. The van der Waals surface area contributed by atoms with Crippen LogP contribution in [0, 0.1) is 0 Å². The number of rotatable bonds is 6. The fourth-order valence-corrected chi connectivity index (χ4v) is 0.946. The zero-order chi connectivity index (χ0) is 9.40. The summed E-state index contributed by atoms with van der Waals surface area (Å²) >= 11 is 0. The summed E-state index contributed by atoms with van der Waals surface area (Å²) in [6, 6.07) is 0. The minimum atomic E-state index is 0.0638. The second kappa shape index (κ2) is 7.06. The number of nitrogens with zero attached hydrogens (tertiary/aromatic N) is 1. The molecular formula is C8H19N3O. The average Bonchev–Trinajstić information content (AvgIpc) is 2.11. The Labute approximate surface area is 74.1 Å². The third-order valence-corrected chi connectivity index (χ3v) is 1.77. The molecule has 0 aromatic rings. The van der Waals surface area contributed by atoms with Gasteiger partial charge in [0.2, 0.25) is 5.91 Å². The van der Waals surface area contributed by atoms with E-state index in [-0.39, 0.29) is 5.91 Å². The zero-order valence-electron chi connectivity index (χ0n) is 7.97. The molecular weight excluding hydrogens is 154 g/mol. The van der Waals surface area contributed by atoms with Crippen molar-refractivity contribution in [2.24, 2.45) is 5.73 Å². The minimum Gasteiger partial charge on any atom is -0.358 e. The van der Waals surface area contributed by atoms with Gasteiger partial charge in [-0.25, -0.2) is 0 Å². The van der Waals surface area contributed by atoms with Gasteiger partial charge in [0, 0.05) is 7.05 Å². The van der Waals surface area contributed by atoms with Crippen LogP contribution >= 0.6 is 0 Å². The van der Waals surface area contributed by atoms with Crippen molar-refractivity contribution in [3.63, 3.8) is 0 Å². The summed E-state index contributed by atoms with van der Waals surface area (Å²) < 4.78 is 0. The Hall–Kier alpha value is -0.610. The van der Waals surface area contributed by atoms with Crippen molar-refractivity contribution in [2.45, 2.75) is 13.3 Å². The lowest BCUT2D eigenvalue weighted by Crippen LogP contribution is -2.36. The first-order valence-electron chi connectivity index (χ1n) is 4.37. The highest BCUT2D eigenvalue weighted by Gasteiger charge is 2.05. The van der Waals surface area contributed by atoms with Crippen LogP contribution in [-0.4, -0.2) is 44.0 Å². The summed E-state index contributed by atoms with van der Waals surface area (Å²) in [5, 5.41) is 2.59. The van der Waals surface area contributed by atoms with Gasteiger partial charge in [-0.15, -0.1) is 0 Å². The number of carbonyl (C=O) groups excluding carboxylic acids is 1. The lowest BCUT2D eigenvalue weighted by molar-refractivity contribution is -0.121. The van der Waals surface area contributed by atoms with E-state index < -0.39 is 0 Å². The van der Waals surface area contributed by atoms with Gasteiger partial charge in [0.1, 0.15) is 0 Å². The molecule has 0 aromatic carbocycles. The van der Waals surface area contributed by atoms with E-state index in [9.17, 15) is 4.79 Å². The molecule has 0 aliphatic rings. The molecule has 0 unspecified atom stereocenters. The second-order valence-corrected chi connectivity index (χ2v) is 2.68. The second-order valence-electron chi connectivity index (χ2n) is 2.68. The maximum Gasteiger partial charge on any atom is 0.233 e. The lowest BCUT2D eigenvalue weighted by atomic mass is 10.3. The van der Waals surface area contributed by atoms with Crippen LogP contribution in [0.5, 0.6) is 0 Å². The van der Waals surface area contributed by atoms with Crippen LogP contribution < -0.4 is 11.1 Å². The van der Waals surface area contributed by atoms with Crippen molar-refractivity contribution in [1.82, 2.24) is 10.2 Å². The van der Waals surface area contributed by atoms with Gasteiger partial charge >= 0.3 is 0 Å². The van der Waals surface area contributed by atoms with Gasteiger partial charge in [0.05, 0.1) is 6.54 Å². The maximum absolute atomic E-state index is 11.0. The Bertz CT molecular complexity index is 127. The molecule has 3 N–H and O–H groups in total. The van der Waals surface area contributed by atoms with Crippen LogP contribution in [0.25, 0.3) is 0 Å². The van der Waals surface area contributed by atoms with Gasteiger partial charge in [-0.3, -0.25) is 9.69 Å². The smallest absolute Gasteiger partial charge is 0.233 e. The highest BCUT2D eigenvalue weighted by Crippen LogP contribution is 1.89. The average molecular weight is 173 g/mol. The van der Waals surface area contributed by atoms with E-state index in [2.05, 4.69) is 10.2 Å². The highest BCUT2D eigenvalue weighted by atomic mass is 16.1. The van der Waals surface area contributed by atoms with Crippen molar-refractivity contribution in [1.29, 1.82) is 0 Å². The molecule has 12 heavy (non-hydrogen) atoms. The van der Waals surface area contributed by atoms with Gasteiger partial charge in [0.15, 0.2) is 0 Å². The summed E-state index contributed by atoms with van der Waals surface area (Å²) in [7, 11) is 1.65. The number of likely N-dealkylation sites (N-methyl/N-ethyl adjacent to an activating group) is 2. The van der Waals surface area contributed by atoms with Gasteiger partial charge in [-0.05, 0) is 26.1 Å². The van der Waals surface area contributed by atoms with Crippen molar-refractivity contribution in [2.75, 3.05) is 33.2 Å². The number of nitrogens with one attached hydrogen (secondary N) is 1. The Morgan fingerprint density at radius 1 is 1.58 bits per heavy atom. The van der Waals surface area contributed by atoms with E-state index in [4.69, 9.17) is 5.73 Å². The third kappa shape index (κ3) is 5.09. The maximum atomic E-state index is 11.0. The quantitative estimate of drug-likeness (QED) is 0.564. The molecule has 0 aliphatic heterocycles. The minimum absolute atomic E-state index is 0.0638. The Kier molecular flexibility index (Phi) is 6.70. The predicted molar refractivity (Wildman–Crippen MR) is 49.9 cm³/mol. The van der Waals surface area contributed by atoms with Gasteiger partial charge in [-0.1, -0.05) is 6.92 Å². The zero-order valence-corrected chi connectivity index (χ0v) is 7.97. The monoisotopic (exact) mass is 173 g/mol. The summed E-state index contributed by atoms with van der Waals surface area (Å²) in [5.74, 6) is 0.0638. The number of nitrogens with two attached hydrogens (primary N) is 1. The normalized spacial score (nSPS) is 10.3. The topological polar surface area (TPSA) is 58.4 Å². The summed E-state index contributed by atoms with van der Waals surface area (Å²) in [6.45, 7) is 5.00. The molecule has 0 saturated heterocycles. The molecule has 4 heteroatoms. The van der Waals surface area contributed by atoms with E-state index in [0.29, 0.717) is 13.1 Å². The molecule has 0 saturated carbocycles. The molecule has 0 aliphatic carbocycles. The van der Waals surface area contributed by atoms with Crippen molar-refractivity contribution < 1.29 is 4.79 Å². The van der Waals surface area contributed by atoms with Crippen LogP contribution in [0.1, 0.15) is 13.3 Å². The fourth-order valence-electron chi connectivity index (χ4n) is 0.946. The van der Waals surface area contributed by atoms with E-state index >= 15 is 0 Å². The standard InChI is InChI=1S/C8H19N3O/c1-3-11(6-4-5-9)7-8(12)10-2/h3-7,9H2,1-2H3,(H,10,12). The van der Waals surface area contributed by atoms with Gasteiger partial charge in [0.25, 0.3) is 0 Å². The molecule has 0 rings (SSSR count). The molecule has 72 valence electrons. The van der Waals surface area contributed by atoms with Gasteiger partial charge in [-0.2, -0.15) is 0 Å². The molecule has 0 atom stereocenters. The number of hydrogen-bond acceptors (Lipinski definition) is 3. The van der Waals surface area contributed by atoms with E-state index in [0.717, 1.165) is 19.5 Å². The fraction of sp³-hybridized carbons (Fsp3) is 0.875. The Morgan fingerprint density at radius 2 is 2.25 bits per heavy atom. The third-order valence-electron chi connectivity index (χ3n) is 1.77. The lowest BCUT2D eigenvalue weighted by Gasteiger charge is -2.18. The van der Waals surface area contributed by atoms with Crippen LogP contribution in [0.2, 0.25) is 0 Å². The summed E-state index contributed by atoms with van der Waals surface area (Å²) in [4.78, 5) is 13.0. The van der Waals surface area contributed by atoms with Crippen LogP contribution in [-0.2, 0) is 4.79 Å². The summed E-state index contributed by atoms with van der Waals surface area (Å²) in [5.41, 5.74) is 5.37. The molecule has 0 aromatic heterocycles. The summed E-state index contributed by atoms with van der Waals surface area (Å²) in [6.07, 6.45) is 0.949. The molecule has 0 bridgehead atoms. The molecule has 0 spiro atoms. The highest BCUT2D eigenvalue weighted by molar-refractivity contribution is 5.77. The molecule has 0 fully saturated rings. The molecule has 0 heterocycles. The van der Waals surface area contributed by atoms with E-state index in [1.165, 1.54) is 0 Å². The number of carbonyl (C=O) groups is 1. The van der Waals surface area contributed by atoms with E-state index in [1.807, 2.05) is 6.92 Å². The first kappa shape index (κ1) is 11.4. The van der Waals surface area contributed by atoms with Crippen molar-refractivity contribution >= 4 is 5.91 Å². The van der Waals surface area contributed by atoms with E-state index in [1.54, 1.807) is 7.05 Å². The SMILES string of the molecule is CCN(CCCN)CC(=O)NC. The van der Waals surface area contributed by atoms with Gasteiger partial charge < -0.3 is 11.1 Å². The van der Waals surface area contributed by atoms with Crippen molar-refractivity contribution in [3.8, 4) is 0 Å².